The van der Waals surface area contributed by atoms with Gasteiger partial charge in [-0.25, -0.2) is 9.97 Å². The fourth-order valence-electron chi connectivity index (χ4n) is 9.21. The van der Waals surface area contributed by atoms with Crippen molar-refractivity contribution in [3.05, 3.63) is 234 Å². The SMILES string of the molecule is Cc1ccc(C)c(-c2ccc(N(c3ccc(-c4ccncn4)cc3)c3ccc(C4(c5ccccc5)c5ccccc5-c5c4ccc4c5Oc5ccccc5O4)cc3)cc2)c1. The molecule has 11 rings (SSSR count). The van der Waals surface area contributed by atoms with Gasteiger partial charge in [0.25, 0.3) is 0 Å². The van der Waals surface area contributed by atoms with E-state index in [-0.39, 0.29) is 0 Å². The number of hydrogen-bond donors (Lipinski definition) is 0. The Bertz CT molecular complexity index is 3040. The summed E-state index contributed by atoms with van der Waals surface area (Å²) in [5, 5.41) is 0. The van der Waals surface area contributed by atoms with Crippen LogP contribution in [0.1, 0.15) is 33.4 Å². The summed E-state index contributed by atoms with van der Waals surface area (Å²) in [5.41, 5.74) is 16.3. The fourth-order valence-corrected chi connectivity index (χ4v) is 9.21. The fraction of sp³-hybridized carbons (Fsp3) is 0.0545. The molecule has 0 N–H and O–H groups in total. The molecular weight excluding hydrogens is 735 g/mol. The van der Waals surface area contributed by atoms with E-state index in [1.54, 1.807) is 12.5 Å². The van der Waals surface area contributed by atoms with Gasteiger partial charge in [0.05, 0.1) is 11.1 Å². The molecule has 1 unspecified atom stereocenters. The van der Waals surface area contributed by atoms with E-state index in [1.165, 1.54) is 33.4 Å². The third kappa shape index (κ3) is 5.70. The van der Waals surface area contributed by atoms with Crippen LogP contribution in [0, 0.1) is 13.8 Å². The number of ether oxygens (including phenoxy) is 2. The second-order valence-corrected chi connectivity index (χ2v) is 15.5. The first-order chi connectivity index (χ1) is 29.6. The number of hydrogen-bond acceptors (Lipinski definition) is 5. The van der Waals surface area contributed by atoms with Gasteiger partial charge in [0.1, 0.15) is 6.33 Å². The normalized spacial score (nSPS) is 14.5. The second kappa shape index (κ2) is 14.3. The van der Waals surface area contributed by atoms with Gasteiger partial charge in [0, 0.05) is 34.4 Å². The summed E-state index contributed by atoms with van der Waals surface area (Å²) >= 11 is 0. The highest BCUT2D eigenvalue weighted by molar-refractivity contribution is 5.92. The van der Waals surface area contributed by atoms with E-state index in [0.29, 0.717) is 17.2 Å². The molecule has 5 heteroatoms. The third-order valence-corrected chi connectivity index (χ3v) is 12.0. The van der Waals surface area contributed by atoms with Crippen LogP contribution in [0.25, 0.3) is 33.5 Å². The zero-order valence-corrected chi connectivity index (χ0v) is 33.2. The van der Waals surface area contributed by atoms with Crippen molar-refractivity contribution in [3.8, 4) is 56.5 Å². The van der Waals surface area contributed by atoms with Crippen molar-refractivity contribution in [2.75, 3.05) is 4.90 Å². The maximum absolute atomic E-state index is 6.74. The summed E-state index contributed by atoms with van der Waals surface area (Å²) in [6.07, 6.45) is 3.37. The van der Waals surface area contributed by atoms with Gasteiger partial charge < -0.3 is 14.4 Å². The van der Waals surface area contributed by atoms with Crippen molar-refractivity contribution in [2.24, 2.45) is 0 Å². The average Bonchev–Trinajstić information content (AvgIpc) is 3.62. The summed E-state index contributed by atoms with van der Waals surface area (Å²) in [7, 11) is 0. The number of rotatable bonds is 7. The first-order valence-corrected chi connectivity index (χ1v) is 20.3. The van der Waals surface area contributed by atoms with Crippen molar-refractivity contribution in [1.82, 2.24) is 9.97 Å². The number of anilines is 3. The predicted octanol–water partition coefficient (Wildman–Crippen LogP) is 14.2. The number of benzene rings is 8. The molecule has 0 amide bonds. The Morgan fingerprint density at radius 2 is 1.12 bits per heavy atom. The van der Waals surface area contributed by atoms with Crippen LogP contribution in [0.15, 0.2) is 201 Å². The van der Waals surface area contributed by atoms with Crippen LogP contribution in [0.2, 0.25) is 0 Å². The second-order valence-electron chi connectivity index (χ2n) is 15.5. The van der Waals surface area contributed by atoms with Gasteiger partial charge in [0.2, 0.25) is 0 Å². The average molecular weight is 774 g/mol. The Balaban J connectivity index is 1.06. The summed E-state index contributed by atoms with van der Waals surface area (Å²) in [5.74, 6) is 2.89. The highest BCUT2D eigenvalue weighted by Gasteiger charge is 2.48. The first-order valence-electron chi connectivity index (χ1n) is 20.3. The van der Waals surface area contributed by atoms with Crippen molar-refractivity contribution >= 4 is 17.1 Å². The maximum atomic E-state index is 6.74. The minimum Gasteiger partial charge on any atom is -0.449 e. The van der Waals surface area contributed by atoms with Gasteiger partial charge in [-0.3, -0.25) is 0 Å². The molecule has 60 heavy (non-hydrogen) atoms. The molecular formula is C55H39N3O2. The predicted molar refractivity (Wildman–Crippen MR) is 241 cm³/mol. The Morgan fingerprint density at radius 1 is 0.483 bits per heavy atom. The summed E-state index contributed by atoms with van der Waals surface area (Å²) in [6, 6.07) is 66.9. The number of fused-ring (bicyclic) bond motifs is 6. The smallest absolute Gasteiger partial charge is 0.178 e. The lowest BCUT2D eigenvalue weighted by Crippen LogP contribution is -2.28. The topological polar surface area (TPSA) is 47.5 Å². The van der Waals surface area contributed by atoms with E-state index in [9.17, 15) is 0 Å². The molecule has 5 nitrogen and oxygen atoms in total. The van der Waals surface area contributed by atoms with Gasteiger partial charge in [-0.1, -0.05) is 133 Å². The summed E-state index contributed by atoms with van der Waals surface area (Å²) in [6.45, 7) is 4.32. The molecule has 0 radical (unpaired) electrons. The molecule has 286 valence electrons. The van der Waals surface area contributed by atoms with Crippen LogP contribution < -0.4 is 14.4 Å². The summed E-state index contributed by atoms with van der Waals surface area (Å²) < 4.78 is 13.2. The monoisotopic (exact) mass is 773 g/mol. The zero-order valence-electron chi connectivity index (χ0n) is 33.2. The molecule has 1 aromatic heterocycles. The van der Waals surface area contributed by atoms with Crippen molar-refractivity contribution < 1.29 is 9.47 Å². The Labute approximate surface area is 349 Å². The van der Waals surface area contributed by atoms with Crippen molar-refractivity contribution in [2.45, 2.75) is 19.3 Å². The third-order valence-electron chi connectivity index (χ3n) is 12.0. The van der Waals surface area contributed by atoms with Gasteiger partial charge in [0.15, 0.2) is 23.0 Å². The van der Waals surface area contributed by atoms with E-state index >= 15 is 0 Å². The van der Waals surface area contributed by atoms with Gasteiger partial charge in [-0.2, -0.15) is 0 Å². The molecule has 1 aliphatic heterocycles. The van der Waals surface area contributed by atoms with Gasteiger partial charge in [-0.05, 0) is 119 Å². The summed E-state index contributed by atoms with van der Waals surface area (Å²) in [4.78, 5) is 10.9. The van der Waals surface area contributed by atoms with Crippen LogP contribution in [-0.4, -0.2) is 9.97 Å². The number of nitrogens with zero attached hydrogens (tertiary/aromatic N) is 3. The standard InChI is InChI=1S/C55H39N3O2/c1-36-16-17-37(2)46(34-36)38-18-24-42(25-19-38)58(43-26-20-39(21-27-43)49-32-33-56-35-57-49)44-28-22-41(23-29-44)55(40-10-4-3-5-11-40)47-13-7-6-12-45(47)53-48(55)30-31-52-54(53)60-51-15-9-8-14-50(51)59-52/h3-35H,1-2H3. The van der Waals surface area contributed by atoms with Crippen LogP contribution in [-0.2, 0) is 5.41 Å². The highest BCUT2D eigenvalue weighted by atomic mass is 16.6. The van der Waals surface area contributed by atoms with E-state index in [2.05, 4.69) is 186 Å². The van der Waals surface area contributed by atoms with E-state index < -0.39 is 5.41 Å². The molecule has 1 atom stereocenters. The van der Waals surface area contributed by atoms with Crippen molar-refractivity contribution in [1.29, 1.82) is 0 Å². The molecule has 0 fully saturated rings. The quantitative estimate of drug-likeness (QED) is 0.161. The Kier molecular flexibility index (Phi) is 8.41. The van der Waals surface area contributed by atoms with Crippen LogP contribution in [0.4, 0.5) is 17.1 Å². The number of para-hydroxylation sites is 2. The lowest BCUT2D eigenvalue weighted by Gasteiger charge is -2.35. The maximum Gasteiger partial charge on any atom is 0.178 e. The van der Waals surface area contributed by atoms with E-state index in [4.69, 9.17) is 9.47 Å². The molecule has 8 aromatic carbocycles. The van der Waals surface area contributed by atoms with Crippen LogP contribution in [0.5, 0.6) is 23.0 Å². The molecule has 0 spiro atoms. The Morgan fingerprint density at radius 3 is 1.83 bits per heavy atom. The number of aromatic nitrogens is 2. The molecule has 0 saturated carbocycles. The highest BCUT2D eigenvalue weighted by Crippen LogP contribution is 2.62. The zero-order chi connectivity index (χ0) is 40.2. The van der Waals surface area contributed by atoms with Gasteiger partial charge in [-0.15, -0.1) is 0 Å². The molecule has 0 bridgehead atoms. The lowest BCUT2D eigenvalue weighted by atomic mass is 9.67. The van der Waals surface area contributed by atoms with Crippen molar-refractivity contribution in [3.63, 3.8) is 0 Å². The molecule has 0 saturated heterocycles. The van der Waals surface area contributed by atoms with Gasteiger partial charge >= 0.3 is 0 Å². The number of aryl methyl sites for hydroxylation is 2. The molecule has 9 aromatic rings. The van der Waals surface area contributed by atoms with Crippen LogP contribution in [0.3, 0.4) is 0 Å². The minimum absolute atomic E-state index is 0.627. The van der Waals surface area contributed by atoms with E-state index in [0.717, 1.165) is 56.3 Å². The van der Waals surface area contributed by atoms with Crippen LogP contribution >= 0.6 is 0 Å². The first kappa shape index (κ1) is 35.4. The molecule has 2 heterocycles. The molecule has 2 aliphatic rings. The lowest BCUT2D eigenvalue weighted by molar-refractivity contribution is 0.360. The Hall–Kier alpha value is -7.76. The van der Waals surface area contributed by atoms with E-state index in [1.807, 2.05) is 30.3 Å². The molecule has 1 aliphatic carbocycles. The minimum atomic E-state index is -0.627. The largest absolute Gasteiger partial charge is 0.449 e.